The second-order valence-electron chi connectivity index (χ2n) is 4.89. The third kappa shape index (κ3) is 3.74. The van der Waals surface area contributed by atoms with Crippen molar-refractivity contribution in [1.29, 1.82) is 0 Å². The predicted molar refractivity (Wildman–Crippen MR) is 71.5 cm³/mol. The molecule has 1 aromatic carbocycles. The van der Waals surface area contributed by atoms with Gasteiger partial charge in [-0.3, -0.25) is 0 Å². The van der Waals surface area contributed by atoms with Gasteiger partial charge in [0, 0.05) is 6.04 Å². The van der Waals surface area contributed by atoms with Crippen molar-refractivity contribution in [2.75, 3.05) is 13.7 Å². The lowest BCUT2D eigenvalue weighted by Crippen LogP contribution is -2.31. The van der Waals surface area contributed by atoms with Crippen LogP contribution in [0.4, 0.5) is 0 Å². The van der Waals surface area contributed by atoms with Gasteiger partial charge < -0.3 is 10.1 Å². The van der Waals surface area contributed by atoms with E-state index in [2.05, 4.69) is 36.5 Å². The van der Waals surface area contributed by atoms with E-state index >= 15 is 0 Å². The summed E-state index contributed by atoms with van der Waals surface area (Å²) < 4.78 is 5.17. The fourth-order valence-electron chi connectivity index (χ4n) is 2.38. The van der Waals surface area contributed by atoms with Crippen molar-refractivity contribution >= 4 is 0 Å². The van der Waals surface area contributed by atoms with Gasteiger partial charge in [0.05, 0.1) is 7.11 Å². The highest BCUT2D eigenvalue weighted by Crippen LogP contribution is 2.34. The Bertz CT molecular complexity index is 329. The van der Waals surface area contributed by atoms with E-state index in [1.807, 2.05) is 0 Å². The van der Waals surface area contributed by atoms with E-state index in [1.165, 1.54) is 24.8 Å². The number of hydrogen-bond donors (Lipinski definition) is 1. The van der Waals surface area contributed by atoms with Gasteiger partial charge in [0.1, 0.15) is 5.75 Å². The lowest BCUT2D eigenvalue weighted by atomic mass is 10.0. The van der Waals surface area contributed by atoms with Crippen LogP contribution in [0, 0.1) is 5.92 Å². The molecule has 1 aliphatic carbocycles. The average Bonchev–Trinajstić information content (AvgIpc) is 3.19. The molecule has 1 aromatic rings. The third-order valence-electron chi connectivity index (χ3n) is 3.56. The molecule has 1 unspecified atom stereocenters. The van der Waals surface area contributed by atoms with Gasteiger partial charge in [-0.15, -0.1) is 0 Å². The molecule has 1 aliphatic rings. The third-order valence-corrected chi connectivity index (χ3v) is 3.56. The summed E-state index contributed by atoms with van der Waals surface area (Å²) in [6, 6.07) is 9.18. The van der Waals surface area contributed by atoms with Gasteiger partial charge >= 0.3 is 0 Å². The number of benzene rings is 1. The lowest BCUT2D eigenvalue weighted by molar-refractivity contribution is 0.414. The molecule has 2 heteroatoms. The minimum absolute atomic E-state index is 0.724. The van der Waals surface area contributed by atoms with Crippen LogP contribution in [0.3, 0.4) is 0 Å². The molecule has 1 atom stereocenters. The normalized spacial score (nSPS) is 16.8. The van der Waals surface area contributed by atoms with Crippen LogP contribution < -0.4 is 10.1 Å². The van der Waals surface area contributed by atoms with Crippen LogP contribution in [0.2, 0.25) is 0 Å². The predicted octanol–water partition coefficient (Wildman–Crippen LogP) is 3.02. The Labute approximate surface area is 104 Å². The van der Waals surface area contributed by atoms with Gasteiger partial charge in [0.2, 0.25) is 0 Å². The maximum Gasteiger partial charge on any atom is 0.118 e. The maximum atomic E-state index is 5.17. The molecule has 0 aliphatic heterocycles. The first-order chi connectivity index (χ1) is 8.33. The lowest BCUT2D eigenvalue weighted by Gasteiger charge is -2.17. The molecule has 1 fully saturated rings. The topological polar surface area (TPSA) is 21.3 Å². The summed E-state index contributed by atoms with van der Waals surface area (Å²) in [7, 11) is 1.71. The molecule has 17 heavy (non-hydrogen) atoms. The smallest absolute Gasteiger partial charge is 0.118 e. The Morgan fingerprint density at radius 2 is 2.00 bits per heavy atom. The number of nitrogens with one attached hydrogen (secondary N) is 1. The van der Waals surface area contributed by atoms with Crippen molar-refractivity contribution in [2.45, 2.75) is 38.6 Å². The maximum absolute atomic E-state index is 5.17. The fraction of sp³-hybridized carbons (Fsp3) is 0.600. The summed E-state index contributed by atoms with van der Waals surface area (Å²) in [6.45, 7) is 3.28. The first-order valence-corrected chi connectivity index (χ1v) is 6.69. The van der Waals surface area contributed by atoms with Gasteiger partial charge in [0.15, 0.2) is 0 Å². The molecular weight excluding hydrogens is 210 g/mol. The van der Waals surface area contributed by atoms with Crippen molar-refractivity contribution in [3.8, 4) is 5.75 Å². The quantitative estimate of drug-likeness (QED) is 0.781. The molecule has 0 aromatic heterocycles. The van der Waals surface area contributed by atoms with Gasteiger partial charge in [0.25, 0.3) is 0 Å². The van der Waals surface area contributed by atoms with E-state index < -0.39 is 0 Å². The zero-order chi connectivity index (χ0) is 12.1. The van der Waals surface area contributed by atoms with Gasteiger partial charge in [-0.1, -0.05) is 19.1 Å². The molecule has 94 valence electrons. The molecular formula is C15H23NO. The minimum atomic E-state index is 0.724. The van der Waals surface area contributed by atoms with Crippen LogP contribution in [0.15, 0.2) is 24.3 Å². The molecule has 2 rings (SSSR count). The number of ether oxygens (including phenoxy) is 1. The van der Waals surface area contributed by atoms with Crippen molar-refractivity contribution in [1.82, 2.24) is 5.32 Å². The zero-order valence-electron chi connectivity index (χ0n) is 10.9. The highest BCUT2D eigenvalue weighted by Gasteiger charge is 2.29. The standard InChI is InChI=1S/C15H23NO/c1-3-16-15(13-7-8-13)11-6-12-4-9-14(17-2)10-5-12/h4-5,9-10,13,15-16H,3,6-8,11H2,1-2H3. The van der Waals surface area contributed by atoms with Crippen molar-refractivity contribution in [3.63, 3.8) is 0 Å². The Morgan fingerprint density at radius 3 is 2.53 bits per heavy atom. The van der Waals surface area contributed by atoms with Crippen LogP contribution in [0.5, 0.6) is 5.75 Å². The molecule has 0 spiro atoms. The molecule has 1 saturated carbocycles. The van der Waals surface area contributed by atoms with Gasteiger partial charge in [-0.2, -0.15) is 0 Å². The van der Waals surface area contributed by atoms with Crippen molar-refractivity contribution in [2.24, 2.45) is 5.92 Å². The average molecular weight is 233 g/mol. The molecule has 0 heterocycles. The number of rotatable bonds is 7. The van der Waals surface area contributed by atoms with E-state index in [9.17, 15) is 0 Å². The van der Waals surface area contributed by atoms with Crippen LogP contribution in [0.25, 0.3) is 0 Å². The first-order valence-electron chi connectivity index (χ1n) is 6.69. The van der Waals surface area contributed by atoms with E-state index in [0.717, 1.165) is 30.7 Å². The van der Waals surface area contributed by atoms with Crippen LogP contribution in [-0.4, -0.2) is 19.7 Å². The molecule has 1 N–H and O–H groups in total. The Morgan fingerprint density at radius 1 is 1.29 bits per heavy atom. The summed E-state index contributed by atoms with van der Waals surface area (Å²) >= 11 is 0. The molecule has 0 amide bonds. The Kier molecular flexibility index (Phi) is 4.43. The first kappa shape index (κ1) is 12.4. The Balaban J connectivity index is 1.82. The number of aryl methyl sites for hydroxylation is 1. The SMILES string of the molecule is CCNC(CCc1ccc(OC)cc1)C1CC1. The van der Waals surface area contributed by atoms with Crippen LogP contribution >= 0.6 is 0 Å². The van der Waals surface area contributed by atoms with Crippen LogP contribution in [-0.2, 0) is 6.42 Å². The number of hydrogen-bond acceptors (Lipinski definition) is 2. The molecule has 0 radical (unpaired) electrons. The van der Waals surface area contributed by atoms with Crippen molar-refractivity contribution in [3.05, 3.63) is 29.8 Å². The zero-order valence-corrected chi connectivity index (χ0v) is 10.9. The summed E-state index contributed by atoms with van der Waals surface area (Å²) in [5, 5.41) is 3.61. The summed E-state index contributed by atoms with van der Waals surface area (Å²) in [5.41, 5.74) is 1.41. The second kappa shape index (κ2) is 6.06. The highest BCUT2D eigenvalue weighted by molar-refractivity contribution is 5.27. The summed E-state index contributed by atoms with van der Waals surface area (Å²) in [5.74, 6) is 1.88. The Hall–Kier alpha value is -1.02. The summed E-state index contributed by atoms with van der Waals surface area (Å²) in [6.07, 6.45) is 5.25. The molecule has 0 saturated heterocycles. The van der Waals surface area contributed by atoms with E-state index in [4.69, 9.17) is 4.74 Å². The monoisotopic (exact) mass is 233 g/mol. The van der Waals surface area contributed by atoms with Gasteiger partial charge in [-0.05, 0) is 55.8 Å². The summed E-state index contributed by atoms with van der Waals surface area (Å²) in [4.78, 5) is 0. The molecule has 2 nitrogen and oxygen atoms in total. The highest BCUT2D eigenvalue weighted by atomic mass is 16.5. The van der Waals surface area contributed by atoms with Gasteiger partial charge in [-0.25, -0.2) is 0 Å². The van der Waals surface area contributed by atoms with Crippen LogP contribution in [0.1, 0.15) is 31.7 Å². The fourth-order valence-corrected chi connectivity index (χ4v) is 2.38. The van der Waals surface area contributed by atoms with E-state index in [1.54, 1.807) is 7.11 Å². The van der Waals surface area contributed by atoms with E-state index in [-0.39, 0.29) is 0 Å². The largest absolute Gasteiger partial charge is 0.497 e. The number of methoxy groups -OCH3 is 1. The van der Waals surface area contributed by atoms with Crippen molar-refractivity contribution < 1.29 is 4.74 Å². The second-order valence-corrected chi connectivity index (χ2v) is 4.89. The molecule has 0 bridgehead atoms. The minimum Gasteiger partial charge on any atom is -0.497 e. The van der Waals surface area contributed by atoms with E-state index in [0.29, 0.717) is 0 Å².